The summed E-state index contributed by atoms with van der Waals surface area (Å²) in [6.07, 6.45) is 6.38. The van der Waals surface area contributed by atoms with Gasteiger partial charge in [0.2, 0.25) is 0 Å². The van der Waals surface area contributed by atoms with Crippen molar-refractivity contribution in [1.82, 2.24) is 9.38 Å². The van der Waals surface area contributed by atoms with Crippen molar-refractivity contribution in [2.45, 2.75) is 20.3 Å². The fourth-order valence-electron chi connectivity index (χ4n) is 3.54. The molecule has 0 spiro atoms. The zero-order valence-corrected chi connectivity index (χ0v) is 20.1. The number of nitrogens with zero attached hydrogens (tertiary/aromatic N) is 3. The molecule has 0 bridgehead atoms. The third kappa shape index (κ3) is 4.87. The Morgan fingerprint density at radius 1 is 1.18 bits per heavy atom. The van der Waals surface area contributed by atoms with Gasteiger partial charge >= 0.3 is 0 Å². The molecule has 4 aromatic rings. The molecule has 0 fully saturated rings. The van der Waals surface area contributed by atoms with E-state index in [1.807, 2.05) is 35.7 Å². The van der Waals surface area contributed by atoms with Crippen LogP contribution in [-0.4, -0.2) is 23.1 Å². The second-order valence-corrected chi connectivity index (χ2v) is 9.04. The molecule has 4 rings (SSSR count). The van der Waals surface area contributed by atoms with E-state index in [2.05, 4.69) is 19.9 Å². The van der Waals surface area contributed by atoms with Gasteiger partial charge in [0, 0.05) is 17.1 Å². The number of aromatic nitrogens is 2. The topological polar surface area (TPSA) is 76.6 Å². The van der Waals surface area contributed by atoms with Crippen molar-refractivity contribution in [3.8, 4) is 28.7 Å². The lowest BCUT2D eigenvalue weighted by Gasteiger charge is -2.14. The zero-order chi connectivity index (χ0) is 24.1. The number of para-hydroxylation sites is 1. The Kier molecular flexibility index (Phi) is 7.09. The Hall–Kier alpha value is -3.89. The summed E-state index contributed by atoms with van der Waals surface area (Å²) in [5.74, 6) is 1.84. The van der Waals surface area contributed by atoms with Crippen LogP contribution < -0.4 is 15.0 Å². The molecule has 172 valence electrons. The summed E-state index contributed by atoms with van der Waals surface area (Å²) in [5, 5.41) is 11.0. The van der Waals surface area contributed by atoms with Crippen LogP contribution in [0.2, 0.25) is 0 Å². The lowest BCUT2D eigenvalue weighted by atomic mass is 10.0. The van der Waals surface area contributed by atoms with Gasteiger partial charge in [0.25, 0.3) is 5.56 Å². The van der Waals surface area contributed by atoms with E-state index >= 15 is 0 Å². The molecule has 0 unspecified atom stereocenters. The van der Waals surface area contributed by atoms with Gasteiger partial charge < -0.3 is 9.47 Å². The number of hydrogen-bond acceptors (Lipinski definition) is 6. The number of fused-ring (bicyclic) bond motifs is 1. The second-order valence-electron chi connectivity index (χ2n) is 8.16. The van der Waals surface area contributed by atoms with Gasteiger partial charge in [-0.15, -0.1) is 11.3 Å². The van der Waals surface area contributed by atoms with E-state index in [4.69, 9.17) is 19.7 Å². The Balaban J connectivity index is 1.80. The summed E-state index contributed by atoms with van der Waals surface area (Å²) in [5.41, 5.74) is 2.94. The smallest absolute Gasteiger partial charge is 0.266 e. The highest BCUT2D eigenvalue weighted by Gasteiger charge is 2.15. The van der Waals surface area contributed by atoms with Crippen LogP contribution >= 0.6 is 11.3 Å². The molecule has 2 aromatic carbocycles. The number of methoxy groups -OCH3 is 1. The molecule has 2 heterocycles. The summed E-state index contributed by atoms with van der Waals surface area (Å²) >= 11 is 1.40. The van der Waals surface area contributed by atoms with E-state index in [1.165, 1.54) is 11.3 Å². The summed E-state index contributed by atoms with van der Waals surface area (Å²) < 4.78 is 13.2. The van der Waals surface area contributed by atoms with Crippen LogP contribution in [0.25, 0.3) is 28.2 Å². The van der Waals surface area contributed by atoms with Gasteiger partial charge in [-0.25, -0.2) is 4.98 Å². The van der Waals surface area contributed by atoms with Crippen molar-refractivity contribution in [2.75, 3.05) is 13.7 Å². The van der Waals surface area contributed by atoms with Crippen molar-refractivity contribution in [2.24, 2.45) is 5.92 Å². The first kappa shape index (κ1) is 23.3. The SMILES string of the molecule is COc1cccc(C=Cc2nc3sccn3c(=O)c2-c2ccc(C#N)cc2)c1OCCC(C)C. The van der Waals surface area contributed by atoms with Gasteiger partial charge in [0.05, 0.1) is 36.6 Å². The second kappa shape index (κ2) is 10.4. The van der Waals surface area contributed by atoms with Crippen LogP contribution in [-0.2, 0) is 0 Å². The maximum absolute atomic E-state index is 13.3. The molecule has 0 saturated heterocycles. The number of benzene rings is 2. The molecule has 6 nitrogen and oxygen atoms in total. The van der Waals surface area contributed by atoms with Crippen molar-refractivity contribution in [3.05, 3.63) is 81.2 Å². The van der Waals surface area contributed by atoms with Crippen LogP contribution in [0.15, 0.2) is 58.8 Å². The summed E-state index contributed by atoms with van der Waals surface area (Å²) in [6.45, 7) is 4.89. The molecule has 0 atom stereocenters. The van der Waals surface area contributed by atoms with Gasteiger partial charge in [-0.3, -0.25) is 9.20 Å². The molecule has 0 aliphatic carbocycles. The van der Waals surface area contributed by atoms with Crippen LogP contribution in [0.5, 0.6) is 11.5 Å². The van der Waals surface area contributed by atoms with Gasteiger partial charge in [0.15, 0.2) is 16.5 Å². The van der Waals surface area contributed by atoms with Crippen LogP contribution in [0.1, 0.15) is 37.1 Å². The molecule has 7 heteroatoms. The first-order valence-electron chi connectivity index (χ1n) is 11.0. The van der Waals surface area contributed by atoms with Gasteiger partial charge in [0.1, 0.15) is 0 Å². The molecule has 0 saturated carbocycles. The van der Waals surface area contributed by atoms with Crippen molar-refractivity contribution >= 4 is 28.4 Å². The Morgan fingerprint density at radius 2 is 1.97 bits per heavy atom. The highest BCUT2D eigenvalue weighted by atomic mass is 32.1. The Labute approximate surface area is 202 Å². The van der Waals surface area contributed by atoms with E-state index in [9.17, 15) is 4.79 Å². The van der Waals surface area contributed by atoms with Crippen molar-refractivity contribution in [3.63, 3.8) is 0 Å². The summed E-state index contributed by atoms with van der Waals surface area (Å²) in [7, 11) is 1.62. The van der Waals surface area contributed by atoms with Crippen LogP contribution in [0, 0.1) is 17.2 Å². The van der Waals surface area contributed by atoms with E-state index < -0.39 is 0 Å². The van der Waals surface area contributed by atoms with Gasteiger partial charge in [-0.1, -0.05) is 38.1 Å². The van der Waals surface area contributed by atoms with E-state index in [-0.39, 0.29) is 5.56 Å². The minimum Gasteiger partial charge on any atom is -0.493 e. The fraction of sp³-hybridized carbons (Fsp3) is 0.222. The van der Waals surface area contributed by atoms with Crippen LogP contribution in [0.3, 0.4) is 0 Å². The lowest BCUT2D eigenvalue weighted by Crippen LogP contribution is -2.17. The highest BCUT2D eigenvalue weighted by Crippen LogP contribution is 2.33. The maximum atomic E-state index is 13.3. The predicted molar refractivity (Wildman–Crippen MR) is 136 cm³/mol. The average Bonchev–Trinajstić information content (AvgIpc) is 3.32. The molecule has 0 radical (unpaired) electrons. The molecule has 0 aliphatic heterocycles. The van der Waals surface area contributed by atoms with Crippen molar-refractivity contribution in [1.29, 1.82) is 5.26 Å². The Bertz CT molecular complexity index is 1430. The molecule has 0 aliphatic rings. The number of ether oxygens (including phenoxy) is 2. The average molecular weight is 472 g/mol. The van der Waals surface area contributed by atoms with Crippen LogP contribution in [0.4, 0.5) is 0 Å². The first-order valence-corrected chi connectivity index (χ1v) is 11.9. The molecular weight excluding hydrogens is 446 g/mol. The summed E-state index contributed by atoms with van der Waals surface area (Å²) in [6, 6.07) is 14.8. The quantitative estimate of drug-likeness (QED) is 0.320. The lowest BCUT2D eigenvalue weighted by molar-refractivity contribution is 0.272. The van der Waals surface area contributed by atoms with Crippen molar-refractivity contribution < 1.29 is 9.47 Å². The highest BCUT2D eigenvalue weighted by molar-refractivity contribution is 7.15. The van der Waals surface area contributed by atoms with E-state index in [1.54, 1.807) is 42.0 Å². The zero-order valence-electron chi connectivity index (χ0n) is 19.3. The van der Waals surface area contributed by atoms with Gasteiger partial charge in [-0.05, 0) is 48.3 Å². The third-order valence-electron chi connectivity index (χ3n) is 5.39. The molecular formula is C27H25N3O3S. The number of hydrogen-bond donors (Lipinski definition) is 0. The summed E-state index contributed by atoms with van der Waals surface area (Å²) in [4.78, 5) is 18.7. The predicted octanol–water partition coefficient (Wildman–Crippen LogP) is 5.90. The fourth-order valence-corrected chi connectivity index (χ4v) is 4.26. The number of thiazole rings is 1. The molecule has 2 aromatic heterocycles. The molecule has 34 heavy (non-hydrogen) atoms. The monoisotopic (exact) mass is 471 g/mol. The molecule has 0 amide bonds. The van der Waals surface area contributed by atoms with E-state index in [0.717, 1.165) is 12.0 Å². The minimum atomic E-state index is -0.158. The number of nitriles is 1. The van der Waals surface area contributed by atoms with E-state index in [0.29, 0.717) is 51.4 Å². The minimum absolute atomic E-state index is 0.158. The first-order chi connectivity index (χ1) is 16.5. The standard InChI is InChI=1S/C27H25N3O3S/c1-18(2)13-15-33-25-21(5-4-6-23(25)32-3)11-12-22-24(20-9-7-19(17-28)8-10-20)26(31)30-14-16-34-27(30)29-22/h4-12,14,16,18H,13,15H2,1-3H3. The Morgan fingerprint density at radius 3 is 2.68 bits per heavy atom. The third-order valence-corrected chi connectivity index (χ3v) is 6.15. The van der Waals surface area contributed by atoms with Gasteiger partial charge in [-0.2, -0.15) is 5.26 Å². The largest absolute Gasteiger partial charge is 0.493 e. The normalized spacial score (nSPS) is 11.3. The molecule has 0 N–H and O–H groups in total. The number of rotatable bonds is 8. The maximum Gasteiger partial charge on any atom is 0.266 e.